The fourth-order valence-corrected chi connectivity index (χ4v) is 5.10. The highest BCUT2D eigenvalue weighted by Gasteiger charge is 2.31. The van der Waals surface area contributed by atoms with Crippen molar-refractivity contribution in [3.8, 4) is 0 Å². The number of rotatable bonds is 9. The number of amides is 2. The maximum absolute atomic E-state index is 13.6. The summed E-state index contributed by atoms with van der Waals surface area (Å²) >= 11 is 1.49. The number of urea groups is 1. The van der Waals surface area contributed by atoms with Gasteiger partial charge < -0.3 is 10.1 Å². The van der Waals surface area contributed by atoms with Crippen molar-refractivity contribution in [3.05, 3.63) is 120 Å². The lowest BCUT2D eigenvalue weighted by atomic mass is 10.1. The van der Waals surface area contributed by atoms with Crippen molar-refractivity contribution in [1.29, 1.82) is 0 Å². The van der Waals surface area contributed by atoms with Crippen molar-refractivity contribution in [2.45, 2.75) is 42.3 Å². The average Bonchev–Trinajstić information content (AvgIpc) is 2.95. The van der Waals surface area contributed by atoms with E-state index in [1.54, 1.807) is 13.0 Å². The van der Waals surface area contributed by atoms with Crippen LogP contribution in [0.15, 0.2) is 113 Å². The zero-order valence-electron chi connectivity index (χ0n) is 22.5. The number of esters is 1. The largest absolute Gasteiger partial charge is 0.466 e. The molecule has 2 amide bonds. The van der Waals surface area contributed by atoms with Gasteiger partial charge in [0.15, 0.2) is 0 Å². The highest BCUT2D eigenvalue weighted by atomic mass is 32.2. The zero-order valence-corrected chi connectivity index (χ0v) is 23.3. The Kier molecular flexibility index (Phi) is 9.73. The molecule has 4 aromatic rings. The predicted octanol–water partition coefficient (Wildman–Crippen LogP) is 8.76. The molecule has 0 heterocycles. The maximum Gasteiger partial charge on any atom is 0.416 e. The summed E-state index contributed by atoms with van der Waals surface area (Å²) in [5.41, 5.74) is 1.77. The van der Waals surface area contributed by atoms with Crippen LogP contribution in [0.4, 0.5) is 29.3 Å². The fourth-order valence-electron chi connectivity index (χ4n) is 4.22. The van der Waals surface area contributed by atoms with Crippen molar-refractivity contribution in [2.24, 2.45) is 0 Å². The molecule has 1 N–H and O–H groups in total. The van der Waals surface area contributed by atoms with E-state index in [0.29, 0.717) is 18.0 Å². The normalized spacial score (nSPS) is 11.9. The summed E-state index contributed by atoms with van der Waals surface area (Å²) in [4.78, 5) is 28.6. The molecule has 0 aliphatic carbocycles. The van der Waals surface area contributed by atoms with Crippen molar-refractivity contribution in [1.82, 2.24) is 0 Å². The van der Waals surface area contributed by atoms with Gasteiger partial charge >= 0.3 is 18.2 Å². The van der Waals surface area contributed by atoms with Crippen molar-refractivity contribution < 1.29 is 27.5 Å². The predicted molar refractivity (Wildman–Crippen MR) is 155 cm³/mol. The van der Waals surface area contributed by atoms with Gasteiger partial charge in [-0.2, -0.15) is 13.2 Å². The van der Waals surface area contributed by atoms with E-state index in [2.05, 4.69) is 5.32 Å². The minimum absolute atomic E-state index is 0.205. The van der Waals surface area contributed by atoms with Gasteiger partial charge in [0.25, 0.3) is 0 Å². The van der Waals surface area contributed by atoms with Gasteiger partial charge in [-0.25, -0.2) is 4.79 Å². The molecule has 4 rings (SSSR count). The minimum atomic E-state index is -4.48. The number of hydrogen-bond donors (Lipinski definition) is 1. The van der Waals surface area contributed by atoms with Crippen LogP contribution < -0.4 is 10.2 Å². The highest BCUT2D eigenvalue weighted by molar-refractivity contribution is 7.99. The average molecular weight is 579 g/mol. The van der Waals surface area contributed by atoms with E-state index in [1.807, 2.05) is 79.7 Å². The summed E-state index contributed by atoms with van der Waals surface area (Å²) in [5, 5.41) is 2.90. The van der Waals surface area contributed by atoms with Gasteiger partial charge in [0, 0.05) is 21.2 Å². The molecule has 1 atom stereocenters. The first kappa shape index (κ1) is 29.7. The molecule has 0 aromatic heterocycles. The summed E-state index contributed by atoms with van der Waals surface area (Å²) in [6.07, 6.45) is -4.27. The number of hydrogen-bond acceptors (Lipinski definition) is 4. The molecule has 41 heavy (non-hydrogen) atoms. The SMILES string of the molecule is CCOC(=O)Cc1ccc(Sc2cccc(NC(=O)N(c3ccc(C(F)(F)F)cc3)C(C)c3ccccc3)c2)cc1. The number of anilines is 2. The minimum Gasteiger partial charge on any atom is -0.466 e. The zero-order chi connectivity index (χ0) is 29.4. The third kappa shape index (κ3) is 8.14. The number of alkyl halides is 3. The Balaban J connectivity index is 1.52. The Labute approximate surface area is 241 Å². The van der Waals surface area contributed by atoms with Crippen LogP contribution in [0.25, 0.3) is 0 Å². The molecular weight excluding hydrogens is 549 g/mol. The van der Waals surface area contributed by atoms with Gasteiger partial charge in [-0.1, -0.05) is 60.3 Å². The highest BCUT2D eigenvalue weighted by Crippen LogP contribution is 2.34. The second kappa shape index (κ2) is 13.4. The third-order valence-corrected chi connectivity index (χ3v) is 7.26. The van der Waals surface area contributed by atoms with Gasteiger partial charge in [-0.3, -0.25) is 9.69 Å². The second-order valence-electron chi connectivity index (χ2n) is 9.19. The molecule has 212 valence electrons. The number of carbonyl (C=O) groups excluding carboxylic acids is 2. The Morgan fingerprint density at radius 1 is 0.878 bits per heavy atom. The van der Waals surface area contributed by atoms with E-state index in [1.165, 1.54) is 28.8 Å². The first-order valence-corrected chi connectivity index (χ1v) is 13.8. The Bertz CT molecular complexity index is 1460. The fraction of sp³-hybridized carbons (Fsp3) is 0.188. The van der Waals surface area contributed by atoms with Crippen LogP contribution in [0.1, 0.15) is 36.6 Å². The van der Waals surface area contributed by atoms with E-state index >= 15 is 0 Å². The lowest BCUT2D eigenvalue weighted by molar-refractivity contribution is -0.142. The molecule has 1 unspecified atom stereocenters. The number of carbonyl (C=O) groups is 2. The number of benzene rings is 4. The standard InChI is InChI=1S/C32H29F3N2O3S/c1-3-40-30(38)20-23-12-18-28(19-13-23)41-29-11-7-10-26(21-29)36-31(39)37(22(2)24-8-5-4-6-9-24)27-16-14-25(15-17-27)32(33,34)35/h4-19,21-22H,3,20H2,1-2H3,(H,36,39). The Hall–Kier alpha value is -4.24. The number of nitrogens with zero attached hydrogens (tertiary/aromatic N) is 1. The van der Waals surface area contributed by atoms with E-state index in [0.717, 1.165) is 33.1 Å². The second-order valence-corrected chi connectivity index (χ2v) is 10.3. The quantitative estimate of drug-likeness (QED) is 0.202. The third-order valence-electron chi connectivity index (χ3n) is 6.26. The Morgan fingerprint density at radius 3 is 2.20 bits per heavy atom. The van der Waals surface area contributed by atoms with Crippen LogP contribution in [0.5, 0.6) is 0 Å². The first-order valence-electron chi connectivity index (χ1n) is 13.0. The van der Waals surface area contributed by atoms with E-state index < -0.39 is 23.8 Å². The van der Waals surface area contributed by atoms with Gasteiger partial charge in [0.05, 0.1) is 24.6 Å². The summed E-state index contributed by atoms with van der Waals surface area (Å²) in [6, 6.07) is 27.8. The van der Waals surface area contributed by atoms with Gasteiger partial charge in [0.1, 0.15) is 0 Å². The lowest BCUT2D eigenvalue weighted by Crippen LogP contribution is -2.37. The molecule has 0 aliphatic heterocycles. The molecule has 0 saturated heterocycles. The molecule has 0 fully saturated rings. The molecular formula is C32H29F3N2O3S. The molecule has 9 heteroatoms. The van der Waals surface area contributed by atoms with Crippen LogP contribution in [-0.2, 0) is 22.1 Å². The molecule has 0 aliphatic rings. The molecule has 0 saturated carbocycles. The summed E-state index contributed by atoms with van der Waals surface area (Å²) in [5.74, 6) is -0.275. The van der Waals surface area contributed by atoms with Crippen LogP contribution in [0, 0.1) is 0 Å². The molecule has 4 aromatic carbocycles. The maximum atomic E-state index is 13.6. The van der Waals surface area contributed by atoms with Crippen molar-refractivity contribution >= 4 is 35.1 Å². The number of ether oxygens (including phenoxy) is 1. The van der Waals surface area contributed by atoms with E-state index in [-0.39, 0.29) is 12.4 Å². The Morgan fingerprint density at radius 2 is 1.56 bits per heavy atom. The lowest BCUT2D eigenvalue weighted by Gasteiger charge is -2.30. The summed E-state index contributed by atoms with van der Waals surface area (Å²) < 4.78 is 44.5. The van der Waals surface area contributed by atoms with Crippen LogP contribution in [-0.4, -0.2) is 18.6 Å². The van der Waals surface area contributed by atoms with Crippen LogP contribution in [0.3, 0.4) is 0 Å². The van der Waals surface area contributed by atoms with Gasteiger partial charge in [0.2, 0.25) is 0 Å². The number of nitrogens with one attached hydrogen (secondary N) is 1. The molecule has 0 radical (unpaired) electrons. The topological polar surface area (TPSA) is 58.6 Å². The van der Waals surface area contributed by atoms with Gasteiger partial charge in [-0.05, 0) is 79.6 Å². The number of halogens is 3. The molecule has 0 bridgehead atoms. The molecule has 0 spiro atoms. The van der Waals surface area contributed by atoms with E-state index in [9.17, 15) is 22.8 Å². The van der Waals surface area contributed by atoms with Crippen molar-refractivity contribution in [3.63, 3.8) is 0 Å². The summed E-state index contributed by atoms with van der Waals surface area (Å²) in [7, 11) is 0. The van der Waals surface area contributed by atoms with Crippen molar-refractivity contribution in [2.75, 3.05) is 16.8 Å². The van der Waals surface area contributed by atoms with Crippen LogP contribution >= 0.6 is 11.8 Å². The first-order chi connectivity index (χ1) is 19.6. The molecule has 5 nitrogen and oxygen atoms in total. The van der Waals surface area contributed by atoms with Crippen LogP contribution in [0.2, 0.25) is 0 Å². The van der Waals surface area contributed by atoms with Gasteiger partial charge in [-0.15, -0.1) is 0 Å². The van der Waals surface area contributed by atoms with E-state index in [4.69, 9.17) is 4.74 Å². The smallest absolute Gasteiger partial charge is 0.416 e. The summed E-state index contributed by atoms with van der Waals surface area (Å²) in [6.45, 7) is 3.93. The monoisotopic (exact) mass is 578 g/mol.